The Bertz CT molecular complexity index is 445. The number of fused-ring (bicyclic) bond motifs is 1. The quantitative estimate of drug-likeness (QED) is 0.633. The van der Waals surface area contributed by atoms with Gasteiger partial charge in [0.25, 0.3) is 0 Å². The topological polar surface area (TPSA) is 56.2 Å². The molecule has 0 spiro atoms. The summed E-state index contributed by atoms with van der Waals surface area (Å²) in [6, 6.07) is 7.57. The predicted octanol–water partition coefficient (Wildman–Crippen LogP) is 1.72. The average Bonchev–Trinajstić information content (AvgIpc) is 2.61. The van der Waals surface area contributed by atoms with E-state index in [9.17, 15) is 10.2 Å². The van der Waals surface area contributed by atoms with Crippen LogP contribution in [0.2, 0.25) is 0 Å². The van der Waals surface area contributed by atoms with Crippen LogP contribution in [0.5, 0.6) is 0 Å². The van der Waals surface area contributed by atoms with E-state index in [0.717, 1.165) is 10.9 Å². The van der Waals surface area contributed by atoms with Crippen LogP contribution >= 0.6 is 0 Å². The summed E-state index contributed by atoms with van der Waals surface area (Å²) in [5, 5.41) is 20.3. The van der Waals surface area contributed by atoms with Gasteiger partial charge in [-0.3, -0.25) is 0 Å². The van der Waals surface area contributed by atoms with Crippen molar-refractivity contribution >= 4 is 10.9 Å². The first-order valence-electron chi connectivity index (χ1n) is 4.66. The van der Waals surface area contributed by atoms with Crippen LogP contribution in [-0.4, -0.2) is 15.2 Å². The van der Waals surface area contributed by atoms with Gasteiger partial charge in [0.2, 0.25) is 0 Å². The third-order valence-electron chi connectivity index (χ3n) is 2.51. The van der Waals surface area contributed by atoms with E-state index in [1.54, 1.807) is 13.1 Å². The summed E-state index contributed by atoms with van der Waals surface area (Å²) in [6.45, 7) is 1.74. The molecule has 14 heavy (non-hydrogen) atoms. The molecule has 0 unspecified atom stereocenters. The van der Waals surface area contributed by atoms with Crippen molar-refractivity contribution in [3.8, 4) is 0 Å². The summed E-state index contributed by atoms with van der Waals surface area (Å²) in [6.07, 6.45) is 1.92. The number of nitrogens with one attached hydrogen (secondary N) is 1. The third kappa shape index (κ3) is 1.31. The Morgan fingerprint density at radius 1 is 1.29 bits per heavy atom. The standard InChI is InChI=1S/C11H13NO2/c1-2-11(13,14)9-7-12-10-6-4-3-5-8(9)10/h3-7,12-14H,2H2,1H3. The number of rotatable bonds is 2. The maximum Gasteiger partial charge on any atom is 0.191 e. The fraction of sp³-hybridized carbons (Fsp3) is 0.273. The maximum atomic E-state index is 9.72. The normalized spacial score (nSPS) is 12.2. The van der Waals surface area contributed by atoms with Crippen molar-refractivity contribution in [2.75, 3.05) is 0 Å². The van der Waals surface area contributed by atoms with Crippen LogP contribution in [0.3, 0.4) is 0 Å². The van der Waals surface area contributed by atoms with Crippen molar-refractivity contribution < 1.29 is 10.2 Å². The number of H-pyrrole nitrogens is 1. The second kappa shape index (κ2) is 3.12. The molecular weight excluding hydrogens is 178 g/mol. The molecule has 0 atom stereocenters. The highest BCUT2D eigenvalue weighted by molar-refractivity contribution is 5.83. The summed E-state index contributed by atoms with van der Waals surface area (Å²) >= 11 is 0. The molecule has 1 aromatic heterocycles. The average molecular weight is 191 g/mol. The molecule has 1 heterocycles. The Labute approximate surface area is 82.0 Å². The zero-order valence-electron chi connectivity index (χ0n) is 7.99. The Morgan fingerprint density at radius 2 is 2.00 bits per heavy atom. The van der Waals surface area contributed by atoms with E-state index in [0.29, 0.717) is 5.56 Å². The monoisotopic (exact) mass is 191 g/mol. The van der Waals surface area contributed by atoms with Crippen LogP contribution in [0, 0.1) is 0 Å². The Hall–Kier alpha value is -1.32. The Kier molecular flexibility index (Phi) is 2.06. The lowest BCUT2D eigenvalue weighted by atomic mass is 10.0. The number of para-hydroxylation sites is 1. The lowest BCUT2D eigenvalue weighted by molar-refractivity contribution is -0.170. The Balaban J connectivity index is 2.64. The van der Waals surface area contributed by atoms with E-state index in [4.69, 9.17) is 0 Å². The molecule has 3 nitrogen and oxygen atoms in total. The molecule has 0 aliphatic heterocycles. The number of hydrogen-bond donors (Lipinski definition) is 3. The summed E-state index contributed by atoms with van der Waals surface area (Å²) < 4.78 is 0. The zero-order valence-corrected chi connectivity index (χ0v) is 7.99. The zero-order chi connectivity index (χ0) is 10.2. The van der Waals surface area contributed by atoms with Gasteiger partial charge in [-0.15, -0.1) is 0 Å². The second-order valence-electron chi connectivity index (χ2n) is 3.42. The fourth-order valence-corrected chi connectivity index (χ4v) is 1.59. The van der Waals surface area contributed by atoms with E-state index < -0.39 is 5.79 Å². The van der Waals surface area contributed by atoms with Gasteiger partial charge in [0.1, 0.15) is 0 Å². The number of aromatic nitrogens is 1. The Morgan fingerprint density at radius 3 is 2.71 bits per heavy atom. The highest BCUT2D eigenvalue weighted by atomic mass is 16.5. The summed E-state index contributed by atoms with van der Waals surface area (Å²) in [4.78, 5) is 3.01. The molecule has 2 rings (SSSR count). The van der Waals surface area contributed by atoms with Crippen LogP contribution in [0.4, 0.5) is 0 Å². The molecule has 3 N–H and O–H groups in total. The molecule has 1 aromatic carbocycles. The summed E-state index contributed by atoms with van der Waals surface area (Å²) in [5.41, 5.74) is 1.46. The maximum absolute atomic E-state index is 9.72. The van der Waals surface area contributed by atoms with E-state index >= 15 is 0 Å². The first kappa shape index (κ1) is 9.24. The lowest BCUT2D eigenvalue weighted by Gasteiger charge is -2.18. The highest BCUT2D eigenvalue weighted by Crippen LogP contribution is 2.28. The first-order chi connectivity index (χ1) is 6.65. The molecule has 0 aliphatic rings. The molecule has 0 radical (unpaired) electrons. The number of aliphatic hydroxyl groups is 2. The third-order valence-corrected chi connectivity index (χ3v) is 2.51. The minimum Gasteiger partial charge on any atom is -0.362 e. The molecule has 74 valence electrons. The molecular formula is C11H13NO2. The van der Waals surface area contributed by atoms with Gasteiger partial charge in [-0.1, -0.05) is 25.1 Å². The van der Waals surface area contributed by atoms with Gasteiger partial charge in [0, 0.05) is 29.1 Å². The van der Waals surface area contributed by atoms with Crippen LogP contribution in [0.15, 0.2) is 30.5 Å². The van der Waals surface area contributed by atoms with Crippen molar-refractivity contribution in [2.24, 2.45) is 0 Å². The smallest absolute Gasteiger partial charge is 0.191 e. The predicted molar refractivity (Wildman–Crippen MR) is 54.7 cm³/mol. The largest absolute Gasteiger partial charge is 0.362 e. The van der Waals surface area contributed by atoms with E-state index in [1.165, 1.54) is 0 Å². The number of aromatic amines is 1. The minimum atomic E-state index is -1.74. The van der Waals surface area contributed by atoms with Crippen molar-refractivity contribution in [3.05, 3.63) is 36.0 Å². The summed E-state index contributed by atoms with van der Waals surface area (Å²) in [7, 11) is 0. The van der Waals surface area contributed by atoms with E-state index in [-0.39, 0.29) is 6.42 Å². The van der Waals surface area contributed by atoms with Crippen LogP contribution < -0.4 is 0 Å². The second-order valence-corrected chi connectivity index (χ2v) is 3.42. The van der Waals surface area contributed by atoms with Crippen molar-refractivity contribution in [1.82, 2.24) is 4.98 Å². The van der Waals surface area contributed by atoms with Gasteiger partial charge < -0.3 is 15.2 Å². The van der Waals surface area contributed by atoms with Crippen molar-refractivity contribution in [2.45, 2.75) is 19.1 Å². The van der Waals surface area contributed by atoms with Crippen molar-refractivity contribution in [3.63, 3.8) is 0 Å². The molecule has 2 aromatic rings. The highest BCUT2D eigenvalue weighted by Gasteiger charge is 2.26. The molecule has 0 fully saturated rings. The minimum absolute atomic E-state index is 0.273. The van der Waals surface area contributed by atoms with Gasteiger partial charge in [-0.25, -0.2) is 0 Å². The number of benzene rings is 1. The van der Waals surface area contributed by atoms with E-state index in [1.807, 2.05) is 24.3 Å². The molecule has 3 heteroatoms. The van der Waals surface area contributed by atoms with Gasteiger partial charge >= 0.3 is 0 Å². The molecule has 0 aliphatic carbocycles. The molecule has 0 bridgehead atoms. The van der Waals surface area contributed by atoms with Gasteiger partial charge in [0.05, 0.1) is 0 Å². The van der Waals surface area contributed by atoms with Gasteiger partial charge in [-0.2, -0.15) is 0 Å². The molecule has 0 saturated carbocycles. The van der Waals surface area contributed by atoms with E-state index in [2.05, 4.69) is 4.98 Å². The van der Waals surface area contributed by atoms with Crippen LogP contribution in [0.25, 0.3) is 10.9 Å². The van der Waals surface area contributed by atoms with Crippen LogP contribution in [-0.2, 0) is 5.79 Å². The summed E-state index contributed by atoms with van der Waals surface area (Å²) in [5.74, 6) is -1.74. The SMILES string of the molecule is CCC(O)(O)c1c[nH]c2ccccc12. The molecule has 0 saturated heterocycles. The van der Waals surface area contributed by atoms with Crippen molar-refractivity contribution in [1.29, 1.82) is 0 Å². The number of hydrogen-bond acceptors (Lipinski definition) is 2. The van der Waals surface area contributed by atoms with Gasteiger partial charge in [0.15, 0.2) is 5.79 Å². The van der Waals surface area contributed by atoms with Crippen LogP contribution in [0.1, 0.15) is 18.9 Å². The molecule has 0 amide bonds. The fourth-order valence-electron chi connectivity index (χ4n) is 1.59. The lowest BCUT2D eigenvalue weighted by Crippen LogP contribution is -2.23. The van der Waals surface area contributed by atoms with Gasteiger partial charge in [-0.05, 0) is 6.07 Å². The first-order valence-corrected chi connectivity index (χ1v) is 4.66.